The van der Waals surface area contributed by atoms with E-state index in [0.717, 1.165) is 18.2 Å². The van der Waals surface area contributed by atoms with E-state index in [2.05, 4.69) is 0 Å². The van der Waals surface area contributed by atoms with Crippen LogP contribution >= 0.6 is 0 Å². The molecule has 0 aliphatic heterocycles. The second kappa shape index (κ2) is 6.01. The maximum Gasteiger partial charge on any atom is 0.416 e. The molecule has 0 unspecified atom stereocenters. The number of carbonyl (C=O) groups is 2. The number of carboxylic acid groups (broad SMARTS) is 1. The van der Waals surface area contributed by atoms with Crippen molar-refractivity contribution >= 4 is 11.8 Å². The number of halogens is 3. The van der Waals surface area contributed by atoms with Gasteiger partial charge in [-0.3, -0.25) is 4.79 Å². The maximum atomic E-state index is 12.6. The minimum absolute atomic E-state index is 0.0391. The lowest BCUT2D eigenvalue weighted by molar-refractivity contribution is -0.137. The van der Waals surface area contributed by atoms with Crippen LogP contribution in [0.3, 0.4) is 0 Å². The summed E-state index contributed by atoms with van der Waals surface area (Å²) < 4.78 is 37.9. The van der Waals surface area contributed by atoms with Crippen molar-refractivity contribution in [1.29, 1.82) is 0 Å². The Morgan fingerprint density at radius 3 is 2.32 bits per heavy atom. The fourth-order valence-electron chi connectivity index (χ4n) is 2.03. The van der Waals surface area contributed by atoms with Crippen molar-refractivity contribution in [3.63, 3.8) is 0 Å². The molecule has 2 aromatic rings. The molecule has 2 rings (SSSR count). The molecule has 114 valence electrons. The number of benzene rings is 2. The van der Waals surface area contributed by atoms with E-state index in [-0.39, 0.29) is 23.1 Å². The van der Waals surface area contributed by atoms with E-state index in [1.165, 1.54) is 24.3 Å². The first kappa shape index (κ1) is 15.8. The monoisotopic (exact) mass is 308 g/mol. The molecule has 0 saturated carbocycles. The van der Waals surface area contributed by atoms with Gasteiger partial charge in [-0.15, -0.1) is 0 Å². The van der Waals surface area contributed by atoms with Crippen molar-refractivity contribution in [3.8, 4) is 0 Å². The molecule has 6 heteroatoms. The molecule has 0 heterocycles. The van der Waals surface area contributed by atoms with Gasteiger partial charge in [0.25, 0.3) is 0 Å². The zero-order valence-electron chi connectivity index (χ0n) is 11.2. The van der Waals surface area contributed by atoms with Gasteiger partial charge in [0, 0.05) is 12.0 Å². The summed E-state index contributed by atoms with van der Waals surface area (Å²) in [7, 11) is 0. The highest BCUT2D eigenvalue weighted by atomic mass is 19.4. The lowest BCUT2D eigenvalue weighted by Gasteiger charge is -2.09. The molecule has 0 saturated heterocycles. The Hall–Kier alpha value is -2.63. The van der Waals surface area contributed by atoms with Gasteiger partial charge in [-0.1, -0.05) is 30.3 Å². The summed E-state index contributed by atoms with van der Waals surface area (Å²) in [6.45, 7) is 0. The minimum Gasteiger partial charge on any atom is -0.478 e. The average Bonchev–Trinajstić information content (AvgIpc) is 2.47. The summed E-state index contributed by atoms with van der Waals surface area (Å²) in [6, 6.07) is 9.97. The number of alkyl halides is 3. The number of ketones is 1. The minimum atomic E-state index is -4.53. The van der Waals surface area contributed by atoms with E-state index in [0.29, 0.717) is 0 Å². The smallest absolute Gasteiger partial charge is 0.416 e. The van der Waals surface area contributed by atoms with Gasteiger partial charge in [-0.2, -0.15) is 13.2 Å². The van der Waals surface area contributed by atoms with Crippen LogP contribution in [0.1, 0.15) is 31.8 Å². The van der Waals surface area contributed by atoms with Gasteiger partial charge in [0.05, 0.1) is 11.1 Å². The number of aromatic carboxylic acids is 1. The van der Waals surface area contributed by atoms with Crippen LogP contribution in [0.15, 0.2) is 48.5 Å². The molecule has 2 aromatic carbocycles. The highest BCUT2D eigenvalue weighted by Crippen LogP contribution is 2.29. The fraction of sp³-hybridized carbons (Fsp3) is 0.125. The van der Waals surface area contributed by atoms with Gasteiger partial charge in [0.2, 0.25) is 0 Å². The van der Waals surface area contributed by atoms with Gasteiger partial charge in [0.1, 0.15) is 0 Å². The van der Waals surface area contributed by atoms with Crippen LogP contribution in [-0.2, 0) is 12.6 Å². The zero-order valence-corrected chi connectivity index (χ0v) is 11.2. The lowest BCUT2D eigenvalue weighted by Crippen LogP contribution is -2.11. The zero-order chi connectivity index (χ0) is 16.3. The van der Waals surface area contributed by atoms with Crippen LogP contribution in [0.2, 0.25) is 0 Å². The van der Waals surface area contributed by atoms with Gasteiger partial charge in [0.15, 0.2) is 5.78 Å². The molecular formula is C16H11F3O3. The molecular weight excluding hydrogens is 297 g/mol. The predicted molar refractivity (Wildman–Crippen MR) is 72.9 cm³/mol. The summed E-state index contributed by atoms with van der Waals surface area (Å²) in [6.07, 6.45) is -4.81. The number of carbonyl (C=O) groups excluding carboxylic acids is 1. The number of hydrogen-bond acceptors (Lipinski definition) is 2. The summed E-state index contributed by atoms with van der Waals surface area (Å²) >= 11 is 0. The third kappa shape index (κ3) is 3.52. The van der Waals surface area contributed by atoms with Crippen LogP contribution in [0.4, 0.5) is 13.2 Å². The summed E-state index contributed by atoms with van der Waals surface area (Å²) in [4.78, 5) is 23.2. The summed E-state index contributed by atoms with van der Waals surface area (Å²) in [5.41, 5.74) is -0.792. The molecule has 22 heavy (non-hydrogen) atoms. The number of rotatable bonds is 4. The third-order valence-corrected chi connectivity index (χ3v) is 3.11. The molecule has 3 nitrogen and oxygen atoms in total. The van der Waals surface area contributed by atoms with E-state index >= 15 is 0 Å². The van der Waals surface area contributed by atoms with Crippen LogP contribution in [0, 0.1) is 0 Å². The first-order valence-corrected chi connectivity index (χ1v) is 6.30. The molecule has 0 fully saturated rings. The Morgan fingerprint density at radius 1 is 1.00 bits per heavy atom. The van der Waals surface area contributed by atoms with E-state index in [1.54, 1.807) is 6.07 Å². The average molecular weight is 308 g/mol. The van der Waals surface area contributed by atoms with Crippen molar-refractivity contribution in [2.75, 3.05) is 0 Å². The molecule has 0 amide bonds. The molecule has 1 N–H and O–H groups in total. The largest absolute Gasteiger partial charge is 0.478 e. The Bertz CT molecular complexity index is 721. The quantitative estimate of drug-likeness (QED) is 0.873. The molecule has 0 aliphatic rings. The number of carboxylic acids is 1. The number of Topliss-reactive ketones (excluding diaryl/α,β-unsaturated/α-hetero) is 1. The Kier molecular flexibility index (Phi) is 4.30. The molecule has 0 spiro atoms. The number of hydrogen-bond donors (Lipinski definition) is 1. The highest BCUT2D eigenvalue weighted by Gasteiger charge is 2.30. The highest BCUT2D eigenvalue weighted by molar-refractivity contribution is 5.99. The first-order valence-electron chi connectivity index (χ1n) is 6.30. The fourth-order valence-corrected chi connectivity index (χ4v) is 2.03. The molecule has 0 aliphatic carbocycles. The van der Waals surface area contributed by atoms with E-state index in [9.17, 15) is 22.8 Å². The lowest BCUT2D eigenvalue weighted by atomic mass is 9.98. The van der Waals surface area contributed by atoms with Crippen LogP contribution < -0.4 is 0 Å². The summed E-state index contributed by atoms with van der Waals surface area (Å²) in [5, 5.41) is 9.04. The first-order chi connectivity index (χ1) is 10.3. The van der Waals surface area contributed by atoms with E-state index in [1.807, 2.05) is 0 Å². The van der Waals surface area contributed by atoms with E-state index in [4.69, 9.17) is 5.11 Å². The second-order valence-electron chi connectivity index (χ2n) is 4.64. The maximum absolute atomic E-state index is 12.6. The van der Waals surface area contributed by atoms with Crippen LogP contribution in [-0.4, -0.2) is 16.9 Å². The van der Waals surface area contributed by atoms with Crippen molar-refractivity contribution < 1.29 is 27.9 Å². The topological polar surface area (TPSA) is 54.4 Å². The molecule has 0 bridgehead atoms. The normalized spacial score (nSPS) is 11.2. The Morgan fingerprint density at radius 2 is 1.68 bits per heavy atom. The van der Waals surface area contributed by atoms with E-state index < -0.39 is 23.5 Å². The summed E-state index contributed by atoms with van der Waals surface area (Å²) in [5.74, 6) is -1.76. The van der Waals surface area contributed by atoms with Gasteiger partial charge >= 0.3 is 12.1 Å². The SMILES string of the molecule is O=C(Cc1ccccc1C(=O)O)c1cccc(C(F)(F)F)c1. The van der Waals surface area contributed by atoms with Crippen molar-refractivity contribution in [2.45, 2.75) is 12.6 Å². The van der Waals surface area contributed by atoms with Crippen molar-refractivity contribution in [3.05, 3.63) is 70.8 Å². The van der Waals surface area contributed by atoms with Crippen molar-refractivity contribution in [1.82, 2.24) is 0 Å². The second-order valence-corrected chi connectivity index (χ2v) is 4.64. The predicted octanol–water partition coefficient (Wildman–Crippen LogP) is 3.83. The van der Waals surface area contributed by atoms with Gasteiger partial charge < -0.3 is 5.11 Å². The third-order valence-electron chi connectivity index (χ3n) is 3.11. The molecule has 0 radical (unpaired) electrons. The standard InChI is InChI=1S/C16H11F3O3/c17-16(18,19)12-6-3-5-11(8-12)14(20)9-10-4-1-2-7-13(10)15(21)22/h1-8H,9H2,(H,21,22). The van der Waals surface area contributed by atoms with Gasteiger partial charge in [-0.25, -0.2) is 4.79 Å². The Labute approximate surface area is 124 Å². The Balaban J connectivity index is 2.29. The van der Waals surface area contributed by atoms with Gasteiger partial charge in [-0.05, 0) is 23.8 Å². The van der Waals surface area contributed by atoms with Crippen molar-refractivity contribution in [2.24, 2.45) is 0 Å². The van der Waals surface area contributed by atoms with Crippen LogP contribution in [0.25, 0.3) is 0 Å². The molecule has 0 atom stereocenters. The molecule has 0 aromatic heterocycles. The van der Waals surface area contributed by atoms with Crippen LogP contribution in [0.5, 0.6) is 0 Å².